The highest BCUT2D eigenvalue weighted by Gasteiger charge is 2.34. The average Bonchev–Trinajstić information content (AvgIpc) is 2.99. The molecule has 206 valence electrons. The second-order valence-electron chi connectivity index (χ2n) is 12.0. The van der Waals surface area contributed by atoms with Crippen LogP contribution in [0.1, 0.15) is 31.9 Å². The van der Waals surface area contributed by atoms with Gasteiger partial charge in [0.1, 0.15) is 0 Å². The topological polar surface area (TPSA) is 12.9 Å². The van der Waals surface area contributed by atoms with Gasteiger partial charge in [0.15, 0.2) is 0 Å². The third-order valence-electron chi connectivity index (χ3n) is 8.23. The molecular formula is C38H28F3N. The first-order valence-electron chi connectivity index (χ1n) is 14.0. The molecule has 6 aromatic carbocycles. The minimum Gasteiger partial charge on any atom is -0.256 e. The van der Waals surface area contributed by atoms with Crippen LogP contribution in [0.25, 0.3) is 65.5 Å². The van der Waals surface area contributed by atoms with E-state index in [0.717, 1.165) is 60.4 Å². The standard InChI is InChI=1S/C38H28F3N/c1-37(2,3)34-20-25(18-23-10-4-5-11-26(23)34)36-21-32(35(22-42-36)38(39,40)41)24-16-17-31-29-14-7-6-12-27(29)28-13-8-9-15-30(28)33(31)19-24/h4-22H,1-3H3. The molecule has 1 aromatic heterocycles. The Bertz CT molecular complexity index is 2130. The Labute approximate surface area is 242 Å². The summed E-state index contributed by atoms with van der Waals surface area (Å²) in [5.74, 6) is 0. The molecule has 0 radical (unpaired) electrons. The zero-order valence-corrected chi connectivity index (χ0v) is 23.6. The summed E-state index contributed by atoms with van der Waals surface area (Å²) in [5, 5.41) is 8.41. The zero-order valence-electron chi connectivity index (χ0n) is 23.6. The van der Waals surface area contributed by atoms with E-state index in [1.807, 2.05) is 66.7 Å². The number of aromatic nitrogens is 1. The van der Waals surface area contributed by atoms with Gasteiger partial charge in [0.25, 0.3) is 0 Å². The summed E-state index contributed by atoms with van der Waals surface area (Å²) in [6.07, 6.45) is -3.57. The number of hydrogen-bond acceptors (Lipinski definition) is 1. The molecule has 42 heavy (non-hydrogen) atoms. The van der Waals surface area contributed by atoms with E-state index in [1.54, 1.807) is 12.1 Å². The lowest BCUT2D eigenvalue weighted by Gasteiger charge is -2.23. The first-order valence-corrected chi connectivity index (χ1v) is 14.0. The molecule has 0 fully saturated rings. The van der Waals surface area contributed by atoms with E-state index in [1.165, 1.54) is 0 Å². The summed E-state index contributed by atoms with van der Waals surface area (Å²) in [6, 6.07) is 35.7. The van der Waals surface area contributed by atoms with Crippen molar-refractivity contribution in [3.8, 4) is 22.4 Å². The molecule has 4 heteroatoms. The van der Waals surface area contributed by atoms with Crippen LogP contribution in [0, 0.1) is 0 Å². The Morgan fingerprint density at radius 1 is 0.500 bits per heavy atom. The van der Waals surface area contributed by atoms with E-state index >= 15 is 0 Å². The van der Waals surface area contributed by atoms with Crippen molar-refractivity contribution in [2.45, 2.75) is 32.4 Å². The molecule has 1 nitrogen and oxygen atoms in total. The van der Waals surface area contributed by atoms with Gasteiger partial charge in [0.05, 0.1) is 11.3 Å². The lowest BCUT2D eigenvalue weighted by molar-refractivity contribution is -0.137. The summed E-state index contributed by atoms with van der Waals surface area (Å²) in [5.41, 5.74) is 2.17. The Morgan fingerprint density at radius 3 is 1.64 bits per heavy atom. The molecule has 0 aliphatic heterocycles. The summed E-state index contributed by atoms with van der Waals surface area (Å²) < 4.78 is 43.3. The molecule has 0 amide bonds. The minimum absolute atomic E-state index is 0.122. The van der Waals surface area contributed by atoms with E-state index in [4.69, 9.17) is 0 Å². The maximum absolute atomic E-state index is 14.4. The van der Waals surface area contributed by atoms with Crippen molar-refractivity contribution in [3.63, 3.8) is 0 Å². The van der Waals surface area contributed by atoms with Crippen molar-refractivity contribution in [3.05, 3.63) is 127 Å². The number of benzene rings is 6. The van der Waals surface area contributed by atoms with Gasteiger partial charge in [-0.1, -0.05) is 106 Å². The van der Waals surface area contributed by atoms with Gasteiger partial charge >= 0.3 is 6.18 Å². The number of rotatable bonds is 2. The summed E-state index contributed by atoms with van der Waals surface area (Å²) in [4.78, 5) is 4.36. The fraction of sp³-hybridized carbons (Fsp3) is 0.132. The van der Waals surface area contributed by atoms with Crippen LogP contribution < -0.4 is 0 Å². The van der Waals surface area contributed by atoms with Crippen molar-refractivity contribution in [2.75, 3.05) is 0 Å². The quantitative estimate of drug-likeness (QED) is 0.193. The van der Waals surface area contributed by atoms with Crippen LogP contribution in [0.5, 0.6) is 0 Å². The van der Waals surface area contributed by atoms with E-state index in [0.29, 0.717) is 11.3 Å². The second kappa shape index (κ2) is 9.42. The summed E-state index contributed by atoms with van der Waals surface area (Å²) in [7, 11) is 0. The smallest absolute Gasteiger partial charge is 0.256 e. The van der Waals surface area contributed by atoms with E-state index < -0.39 is 11.7 Å². The maximum Gasteiger partial charge on any atom is 0.418 e. The van der Waals surface area contributed by atoms with Gasteiger partial charge in [-0.2, -0.15) is 13.2 Å². The molecule has 0 saturated carbocycles. The van der Waals surface area contributed by atoms with Gasteiger partial charge in [0.2, 0.25) is 0 Å². The molecule has 0 aliphatic rings. The molecular weight excluding hydrogens is 527 g/mol. The minimum atomic E-state index is -4.55. The molecule has 0 unspecified atom stereocenters. The molecule has 0 aliphatic carbocycles. The zero-order chi connectivity index (χ0) is 29.2. The normalized spacial score (nSPS) is 12.5. The predicted octanol–water partition coefficient (Wildman–Crippen LogP) is 11.3. The SMILES string of the molecule is CC(C)(C)c1cc(-c2cc(-c3ccc4c5ccccc5c5ccccc5c4c3)c(C(F)(F)F)cn2)cc2ccccc12. The first-order chi connectivity index (χ1) is 20.1. The van der Waals surface area contributed by atoms with Crippen LogP contribution in [0.15, 0.2) is 115 Å². The summed E-state index contributed by atoms with van der Waals surface area (Å²) in [6.45, 7) is 6.44. The average molecular weight is 556 g/mol. The molecule has 7 aromatic rings. The highest BCUT2D eigenvalue weighted by atomic mass is 19.4. The number of nitrogens with zero attached hydrogens (tertiary/aromatic N) is 1. The van der Waals surface area contributed by atoms with E-state index in [9.17, 15) is 13.2 Å². The van der Waals surface area contributed by atoms with Crippen LogP contribution in [0.3, 0.4) is 0 Å². The highest BCUT2D eigenvalue weighted by molar-refractivity contribution is 6.25. The highest BCUT2D eigenvalue weighted by Crippen LogP contribution is 2.42. The Kier molecular flexibility index (Phi) is 5.88. The number of halogens is 3. The Balaban J connectivity index is 1.50. The Hall–Kier alpha value is -4.70. The van der Waals surface area contributed by atoms with Gasteiger partial charge in [-0.05, 0) is 89.5 Å². The van der Waals surface area contributed by atoms with Crippen molar-refractivity contribution < 1.29 is 13.2 Å². The number of pyridine rings is 1. The van der Waals surface area contributed by atoms with Crippen LogP contribution in [-0.2, 0) is 11.6 Å². The first kappa shape index (κ1) is 26.2. The van der Waals surface area contributed by atoms with Crippen molar-refractivity contribution >= 4 is 43.1 Å². The van der Waals surface area contributed by atoms with Crippen molar-refractivity contribution in [2.24, 2.45) is 0 Å². The molecule has 1 heterocycles. The third kappa shape index (κ3) is 4.30. The molecule has 0 spiro atoms. The van der Waals surface area contributed by atoms with Crippen LogP contribution in [0.4, 0.5) is 13.2 Å². The lowest BCUT2D eigenvalue weighted by Crippen LogP contribution is -2.12. The molecule has 0 saturated heterocycles. The van der Waals surface area contributed by atoms with Crippen LogP contribution in [-0.4, -0.2) is 4.98 Å². The monoisotopic (exact) mass is 555 g/mol. The Morgan fingerprint density at radius 2 is 1.05 bits per heavy atom. The van der Waals surface area contributed by atoms with Crippen LogP contribution >= 0.6 is 0 Å². The van der Waals surface area contributed by atoms with Crippen molar-refractivity contribution in [1.29, 1.82) is 0 Å². The van der Waals surface area contributed by atoms with Gasteiger partial charge in [0, 0.05) is 11.8 Å². The molecule has 7 rings (SSSR count). The number of hydrogen-bond donors (Lipinski definition) is 0. The number of alkyl halides is 3. The lowest BCUT2D eigenvalue weighted by atomic mass is 9.82. The largest absolute Gasteiger partial charge is 0.418 e. The fourth-order valence-electron chi connectivity index (χ4n) is 6.23. The van der Waals surface area contributed by atoms with Gasteiger partial charge in [-0.3, -0.25) is 4.98 Å². The van der Waals surface area contributed by atoms with Gasteiger partial charge in [-0.15, -0.1) is 0 Å². The van der Waals surface area contributed by atoms with E-state index in [2.05, 4.69) is 56.1 Å². The van der Waals surface area contributed by atoms with Crippen molar-refractivity contribution in [1.82, 2.24) is 4.98 Å². The second-order valence-corrected chi connectivity index (χ2v) is 12.0. The molecule has 0 N–H and O–H groups in total. The molecule has 0 atom stereocenters. The predicted molar refractivity (Wildman–Crippen MR) is 169 cm³/mol. The summed E-state index contributed by atoms with van der Waals surface area (Å²) >= 11 is 0. The third-order valence-corrected chi connectivity index (χ3v) is 8.23. The number of fused-ring (bicyclic) bond motifs is 7. The fourth-order valence-corrected chi connectivity index (χ4v) is 6.23. The maximum atomic E-state index is 14.4. The molecule has 0 bridgehead atoms. The van der Waals surface area contributed by atoms with Gasteiger partial charge < -0.3 is 0 Å². The van der Waals surface area contributed by atoms with Crippen LogP contribution in [0.2, 0.25) is 0 Å². The van der Waals surface area contributed by atoms with Gasteiger partial charge in [-0.25, -0.2) is 0 Å². The van der Waals surface area contributed by atoms with E-state index in [-0.39, 0.29) is 11.0 Å².